The smallest absolute Gasteiger partial charge is 0.306 e. The van der Waals surface area contributed by atoms with E-state index in [0.717, 1.165) is 24.6 Å². The zero-order valence-electron chi connectivity index (χ0n) is 11.9. The molecule has 0 radical (unpaired) electrons. The second-order valence-corrected chi connectivity index (χ2v) is 5.26. The first-order valence-corrected chi connectivity index (χ1v) is 7.62. The van der Waals surface area contributed by atoms with Crippen LogP contribution in [-0.4, -0.2) is 30.6 Å². The van der Waals surface area contributed by atoms with Crippen molar-refractivity contribution in [2.45, 2.75) is 26.2 Å². The quantitative estimate of drug-likeness (QED) is 0.544. The summed E-state index contributed by atoms with van der Waals surface area (Å²) in [5.74, 6) is 0.912. The van der Waals surface area contributed by atoms with Gasteiger partial charge in [-0.25, -0.2) is 0 Å². The Bertz CT molecular complexity index is 428. The lowest BCUT2D eigenvalue weighted by atomic mass is 10.2. The molecule has 0 bridgehead atoms. The van der Waals surface area contributed by atoms with Gasteiger partial charge in [0.2, 0.25) is 5.12 Å². The van der Waals surface area contributed by atoms with Gasteiger partial charge in [0, 0.05) is 11.3 Å². The molecule has 1 rings (SSSR count). The van der Waals surface area contributed by atoms with Gasteiger partial charge in [0.05, 0.1) is 20.1 Å². The molecular formula is C15H20O4S. The van der Waals surface area contributed by atoms with E-state index in [2.05, 4.69) is 0 Å². The molecule has 0 saturated heterocycles. The molecule has 0 amide bonds. The predicted octanol–water partition coefficient (Wildman–Crippen LogP) is 3.30. The number of rotatable bonds is 8. The van der Waals surface area contributed by atoms with Gasteiger partial charge in [-0.2, -0.15) is 0 Å². The number of hydrogen-bond acceptors (Lipinski definition) is 5. The van der Waals surface area contributed by atoms with Crippen LogP contribution < -0.4 is 4.74 Å². The van der Waals surface area contributed by atoms with E-state index in [1.54, 1.807) is 31.4 Å². The Hall–Kier alpha value is -1.49. The minimum Gasteiger partial charge on any atom is -0.497 e. The third-order valence-electron chi connectivity index (χ3n) is 2.63. The summed E-state index contributed by atoms with van der Waals surface area (Å²) in [4.78, 5) is 23.2. The van der Waals surface area contributed by atoms with E-state index >= 15 is 0 Å². The number of hydrogen-bond donors (Lipinski definition) is 0. The van der Waals surface area contributed by atoms with Crippen molar-refractivity contribution in [1.29, 1.82) is 0 Å². The van der Waals surface area contributed by atoms with Gasteiger partial charge < -0.3 is 9.47 Å². The standard InChI is InChI=1S/C15H20O4S/c1-3-4-10-19-14(16)9-11-20-15(17)12-5-7-13(18-2)8-6-12/h5-8H,3-4,9-11H2,1-2H3. The predicted molar refractivity (Wildman–Crippen MR) is 80.3 cm³/mol. The van der Waals surface area contributed by atoms with Crippen LogP contribution in [-0.2, 0) is 9.53 Å². The van der Waals surface area contributed by atoms with Crippen molar-refractivity contribution in [3.8, 4) is 5.75 Å². The highest BCUT2D eigenvalue weighted by Gasteiger charge is 2.09. The fourth-order valence-corrected chi connectivity index (χ4v) is 2.20. The van der Waals surface area contributed by atoms with Gasteiger partial charge in [0.25, 0.3) is 0 Å². The number of benzene rings is 1. The van der Waals surface area contributed by atoms with Crippen molar-refractivity contribution in [2.24, 2.45) is 0 Å². The van der Waals surface area contributed by atoms with Gasteiger partial charge in [-0.3, -0.25) is 9.59 Å². The second kappa shape index (κ2) is 9.42. The molecule has 1 aromatic rings. The highest BCUT2D eigenvalue weighted by molar-refractivity contribution is 8.14. The van der Waals surface area contributed by atoms with Crippen molar-refractivity contribution >= 4 is 22.8 Å². The average Bonchev–Trinajstić information content (AvgIpc) is 2.47. The average molecular weight is 296 g/mol. The van der Waals surface area contributed by atoms with Crippen molar-refractivity contribution in [1.82, 2.24) is 0 Å². The summed E-state index contributed by atoms with van der Waals surface area (Å²) in [5.41, 5.74) is 0.607. The van der Waals surface area contributed by atoms with Crippen LogP contribution in [0.2, 0.25) is 0 Å². The minimum atomic E-state index is -0.242. The van der Waals surface area contributed by atoms with E-state index in [1.807, 2.05) is 6.92 Å². The van der Waals surface area contributed by atoms with Crippen LogP contribution in [0, 0.1) is 0 Å². The number of thioether (sulfide) groups is 1. The zero-order valence-corrected chi connectivity index (χ0v) is 12.7. The van der Waals surface area contributed by atoms with Crippen molar-refractivity contribution in [3.63, 3.8) is 0 Å². The molecule has 0 unspecified atom stereocenters. The van der Waals surface area contributed by atoms with Crippen LogP contribution in [0.15, 0.2) is 24.3 Å². The maximum absolute atomic E-state index is 11.9. The van der Waals surface area contributed by atoms with E-state index in [-0.39, 0.29) is 17.5 Å². The number of carbonyl (C=O) groups is 2. The monoisotopic (exact) mass is 296 g/mol. The normalized spacial score (nSPS) is 10.1. The van der Waals surface area contributed by atoms with Crippen LogP contribution >= 0.6 is 11.8 Å². The Morgan fingerprint density at radius 1 is 1.20 bits per heavy atom. The summed E-state index contributed by atoms with van der Waals surface area (Å²) in [6.07, 6.45) is 2.14. The first kappa shape index (κ1) is 16.6. The lowest BCUT2D eigenvalue weighted by Gasteiger charge is -2.04. The minimum absolute atomic E-state index is 0.0472. The molecule has 110 valence electrons. The van der Waals surface area contributed by atoms with Crippen LogP contribution in [0.5, 0.6) is 5.75 Å². The largest absolute Gasteiger partial charge is 0.497 e. The summed E-state index contributed by atoms with van der Waals surface area (Å²) in [6, 6.07) is 6.92. The van der Waals surface area contributed by atoms with E-state index in [4.69, 9.17) is 9.47 Å². The summed E-state index contributed by atoms with van der Waals surface area (Å²) >= 11 is 1.13. The number of carbonyl (C=O) groups excluding carboxylic acids is 2. The molecule has 0 atom stereocenters. The van der Waals surface area contributed by atoms with E-state index in [9.17, 15) is 9.59 Å². The fraction of sp³-hybridized carbons (Fsp3) is 0.467. The highest BCUT2D eigenvalue weighted by atomic mass is 32.2. The highest BCUT2D eigenvalue weighted by Crippen LogP contribution is 2.17. The molecule has 0 saturated carbocycles. The Morgan fingerprint density at radius 2 is 1.90 bits per heavy atom. The van der Waals surface area contributed by atoms with Crippen molar-refractivity contribution < 1.29 is 19.1 Å². The van der Waals surface area contributed by atoms with Crippen LogP contribution in [0.4, 0.5) is 0 Å². The molecule has 5 heteroatoms. The maximum Gasteiger partial charge on any atom is 0.306 e. The summed E-state index contributed by atoms with van der Waals surface area (Å²) in [5, 5.41) is -0.0472. The molecule has 0 N–H and O–H groups in total. The van der Waals surface area contributed by atoms with E-state index < -0.39 is 0 Å². The molecule has 0 spiro atoms. The van der Waals surface area contributed by atoms with E-state index in [1.165, 1.54) is 0 Å². The third kappa shape index (κ3) is 6.10. The molecule has 0 aliphatic rings. The molecule has 4 nitrogen and oxygen atoms in total. The maximum atomic E-state index is 11.9. The van der Waals surface area contributed by atoms with E-state index in [0.29, 0.717) is 23.7 Å². The Balaban J connectivity index is 2.27. The van der Waals surface area contributed by atoms with Gasteiger partial charge in [-0.15, -0.1) is 0 Å². The Morgan fingerprint density at radius 3 is 2.50 bits per heavy atom. The molecule has 0 heterocycles. The number of ether oxygens (including phenoxy) is 2. The number of esters is 1. The lowest BCUT2D eigenvalue weighted by Crippen LogP contribution is -2.07. The molecule has 0 aliphatic carbocycles. The van der Waals surface area contributed by atoms with Crippen LogP contribution in [0.1, 0.15) is 36.5 Å². The molecule has 0 aliphatic heterocycles. The molecule has 1 aromatic carbocycles. The SMILES string of the molecule is CCCCOC(=O)CCSC(=O)c1ccc(OC)cc1. The Kier molecular flexibility index (Phi) is 7.80. The summed E-state index contributed by atoms with van der Waals surface area (Å²) in [6.45, 7) is 2.50. The number of methoxy groups -OCH3 is 1. The third-order valence-corrected chi connectivity index (χ3v) is 3.53. The summed E-state index contributed by atoms with van der Waals surface area (Å²) < 4.78 is 10.0. The van der Waals surface area contributed by atoms with Gasteiger partial charge >= 0.3 is 5.97 Å². The van der Waals surface area contributed by atoms with Crippen molar-refractivity contribution in [3.05, 3.63) is 29.8 Å². The molecule has 0 fully saturated rings. The van der Waals surface area contributed by atoms with Crippen molar-refractivity contribution in [2.75, 3.05) is 19.5 Å². The van der Waals surface area contributed by atoms with Gasteiger partial charge in [0.15, 0.2) is 0 Å². The molecule has 0 aromatic heterocycles. The first-order valence-electron chi connectivity index (χ1n) is 6.64. The summed E-state index contributed by atoms with van der Waals surface area (Å²) in [7, 11) is 1.58. The fourth-order valence-electron chi connectivity index (χ4n) is 1.44. The van der Waals surface area contributed by atoms with Crippen LogP contribution in [0.25, 0.3) is 0 Å². The zero-order chi connectivity index (χ0) is 14.8. The topological polar surface area (TPSA) is 52.6 Å². The number of unbranched alkanes of at least 4 members (excludes halogenated alkanes) is 1. The van der Waals surface area contributed by atoms with Gasteiger partial charge in [-0.1, -0.05) is 25.1 Å². The van der Waals surface area contributed by atoms with Gasteiger partial charge in [-0.05, 0) is 30.7 Å². The first-order chi connectivity index (χ1) is 9.67. The molecular weight excluding hydrogens is 276 g/mol. The van der Waals surface area contributed by atoms with Crippen LogP contribution in [0.3, 0.4) is 0 Å². The lowest BCUT2D eigenvalue weighted by molar-refractivity contribution is -0.143. The van der Waals surface area contributed by atoms with Gasteiger partial charge in [0.1, 0.15) is 5.75 Å². The second-order valence-electron chi connectivity index (χ2n) is 4.19. The Labute approximate surface area is 123 Å². The molecule has 20 heavy (non-hydrogen) atoms.